The zero-order chi connectivity index (χ0) is 14.8. The van der Waals surface area contributed by atoms with Crippen molar-refractivity contribution in [3.05, 3.63) is 23.3 Å². The fourth-order valence-corrected chi connectivity index (χ4v) is 2.39. The molecule has 0 aromatic heterocycles. The molecule has 20 heavy (non-hydrogen) atoms. The molecule has 0 unspecified atom stereocenters. The van der Waals surface area contributed by atoms with E-state index in [4.69, 9.17) is 0 Å². The lowest BCUT2D eigenvalue weighted by Crippen LogP contribution is -2.22. The van der Waals surface area contributed by atoms with Gasteiger partial charge in [-0.3, -0.25) is 4.79 Å². The summed E-state index contributed by atoms with van der Waals surface area (Å²) in [6.07, 6.45) is 16.5. The van der Waals surface area contributed by atoms with E-state index in [9.17, 15) is 4.79 Å². The maximum atomic E-state index is 11.9. The normalized spacial score (nSPS) is 14.4. The van der Waals surface area contributed by atoms with E-state index in [1.807, 2.05) is 14.1 Å². The number of amides is 1. The number of nitrogens with zero attached hydrogens (tertiary/aromatic N) is 1. The van der Waals surface area contributed by atoms with Crippen LogP contribution in [-0.4, -0.2) is 24.9 Å². The van der Waals surface area contributed by atoms with Crippen LogP contribution in [0.25, 0.3) is 0 Å². The van der Waals surface area contributed by atoms with Crippen molar-refractivity contribution in [3.8, 4) is 0 Å². The fourth-order valence-electron chi connectivity index (χ4n) is 2.39. The summed E-state index contributed by atoms with van der Waals surface area (Å²) in [6, 6.07) is 0. The molecule has 1 fully saturated rings. The van der Waals surface area contributed by atoms with Gasteiger partial charge in [-0.1, -0.05) is 50.3 Å². The van der Waals surface area contributed by atoms with Crippen LogP contribution in [0.2, 0.25) is 0 Å². The lowest BCUT2D eigenvalue weighted by atomic mass is 9.86. The van der Waals surface area contributed by atoms with Gasteiger partial charge in [0.1, 0.15) is 0 Å². The van der Waals surface area contributed by atoms with Crippen LogP contribution in [0.3, 0.4) is 0 Å². The van der Waals surface area contributed by atoms with E-state index in [0.29, 0.717) is 6.42 Å². The molecule has 0 aromatic carbocycles. The molecule has 2 nitrogen and oxygen atoms in total. The van der Waals surface area contributed by atoms with E-state index in [2.05, 4.69) is 19.1 Å². The van der Waals surface area contributed by atoms with Crippen molar-refractivity contribution in [2.45, 2.75) is 71.1 Å². The molecule has 1 amide bonds. The predicted molar refractivity (Wildman–Crippen MR) is 86.7 cm³/mol. The van der Waals surface area contributed by atoms with E-state index < -0.39 is 0 Å². The standard InChI is InChI=1S/C18H31NO/c1-4-5-6-7-8-9-10-12-17(16-13-11-14-16)15-18(20)19(2)3/h10,12H,4-9,11,13-15H2,1-3H3/b12-10+. The molecule has 0 aromatic rings. The molecule has 0 heterocycles. The molecule has 1 saturated carbocycles. The Hall–Kier alpha value is -1.05. The van der Waals surface area contributed by atoms with Gasteiger partial charge in [-0.15, -0.1) is 0 Å². The van der Waals surface area contributed by atoms with Crippen molar-refractivity contribution in [1.82, 2.24) is 4.90 Å². The SMILES string of the molecule is CCCCCCC/C=C/C(CC(=O)N(C)C)=C1CCC1. The number of hydrogen-bond donors (Lipinski definition) is 0. The molecule has 1 rings (SSSR count). The summed E-state index contributed by atoms with van der Waals surface area (Å²) in [5.74, 6) is 0.215. The Kier molecular flexibility index (Phi) is 8.32. The quantitative estimate of drug-likeness (QED) is 0.551. The first-order valence-corrected chi connectivity index (χ1v) is 8.22. The Balaban J connectivity index is 2.36. The molecule has 0 atom stereocenters. The van der Waals surface area contributed by atoms with Crippen LogP contribution < -0.4 is 0 Å². The van der Waals surface area contributed by atoms with Crippen LogP contribution in [-0.2, 0) is 4.79 Å². The molecule has 2 heteroatoms. The van der Waals surface area contributed by atoms with Crippen molar-refractivity contribution >= 4 is 5.91 Å². The number of hydrogen-bond acceptors (Lipinski definition) is 1. The third-order valence-electron chi connectivity index (χ3n) is 4.05. The van der Waals surface area contributed by atoms with Crippen molar-refractivity contribution in [2.24, 2.45) is 0 Å². The van der Waals surface area contributed by atoms with E-state index in [-0.39, 0.29) is 5.91 Å². The highest BCUT2D eigenvalue weighted by Crippen LogP contribution is 2.31. The van der Waals surface area contributed by atoms with Crippen LogP contribution in [0, 0.1) is 0 Å². The summed E-state index contributed by atoms with van der Waals surface area (Å²) in [6.45, 7) is 2.25. The Morgan fingerprint density at radius 3 is 2.40 bits per heavy atom. The van der Waals surface area contributed by atoms with Crippen LogP contribution in [0.15, 0.2) is 23.3 Å². The van der Waals surface area contributed by atoms with Gasteiger partial charge in [-0.2, -0.15) is 0 Å². The van der Waals surface area contributed by atoms with Crippen LogP contribution in [0.5, 0.6) is 0 Å². The molecule has 114 valence electrons. The van der Waals surface area contributed by atoms with Crippen molar-refractivity contribution in [2.75, 3.05) is 14.1 Å². The summed E-state index contributed by atoms with van der Waals surface area (Å²) < 4.78 is 0. The topological polar surface area (TPSA) is 20.3 Å². The molecule has 0 bridgehead atoms. The van der Waals surface area contributed by atoms with Gasteiger partial charge in [0.05, 0.1) is 6.42 Å². The van der Waals surface area contributed by atoms with Gasteiger partial charge < -0.3 is 4.90 Å². The van der Waals surface area contributed by atoms with Crippen LogP contribution >= 0.6 is 0 Å². The molecule has 0 spiro atoms. The third-order valence-corrected chi connectivity index (χ3v) is 4.05. The van der Waals surface area contributed by atoms with Gasteiger partial charge in [0.2, 0.25) is 5.91 Å². The Morgan fingerprint density at radius 1 is 1.15 bits per heavy atom. The first-order chi connectivity index (χ1) is 9.65. The summed E-state index contributed by atoms with van der Waals surface area (Å²) in [4.78, 5) is 13.6. The summed E-state index contributed by atoms with van der Waals surface area (Å²) in [5, 5.41) is 0. The number of allylic oxidation sites excluding steroid dienone is 3. The first-order valence-electron chi connectivity index (χ1n) is 8.22. The van der Waals surface area contributed by atoms with E-state index in [1.165, 1.54) is 62.5 Å². The second kappa shape index (κ2) is 9.79. The highest BCUT2D eigenvalue weighted by atomic mass is 16.2. The Bertz CT molecular complexity index is 346. The highest BCUT2D eigenvalue weighted by molar-refractivity contribution is 5.79. The van der Waals surface area contributed by atoms with Gasteiger partial charge >= 0.3 is 0 Å². The zero-order valence-corrected chi connectivity index (χ0v) is 13.6. The molecule has 0 aliphatic heterocycles. The number of carbonyl (C=O) groups excluding carboxylic acids is 1. The maximum absolute atomic E-state index is 11.9. The molecule has 1 aliphatic rings. The zero-order valence-electron chi connectivity index (χ0n) is 13.6. The van der Waals surface area contributed by atoms with E-state index in [0.717, 1.165) is 6.42 Å². The highest BCUT2D eigenvalue weighted by Gasteiger charge is 2.15. The summed E-state index contributed by atoms with van der Waals surface area (Å²) >= 11 is 0. The minimum atomic E-state index is 0.215. The summed E-state index contributed by atoms with van der Waals surface area (Å²) in [7, 11) is 3.67. The maximum Gasteiger partial charge on any atom is 0.226 e. The Labute approximate surface area is 124 Å². The molecule has 0 radical (unpaired) electrons. The minimum Gasteiger partial charge on any atom is -0.349 e. The number of rotatable bonds is 9. The third kappa shape index (κ3) is 6.40. The van der Waals surface area contributed by atoms with Crippen molar-refractivity contribution in [3.63, 3.8) is 0 Å². The van der Waals surface area contributed by atoms with Crippen molar-refractivity contribution in [1.29, 1.82) is 0 Å². The average Bonchev–Trinajstić information content (AvgIpc) is 2.35. The molecule has 0 N–H and O–H groups in total. The number of carbonyl (C=O) groups is 1. The van der Waals surface area contributed by atoms with Crippen LogP contribution in [0.1, 0.15) is 71.1 Å². The van der Waals surface area contributed by atoms with Gasteiger partial charge in [0.25, 0.3) is 0 Å². The van der Waals surface area contributed by atoms with E-state index >= 15 is 0 Å². The van der Waals surface area contributed by atoms with Crippen LogP contribution in [0.4, 0.5) is 0 Å². The second-order valence-corrected chi connectivity index (χ2v) is 6.05. The lowest BCUT2D eigenvalue weighted by Gasteiger charge is -2.21. The van der Waals surface area contributed by atoms with E-state index in [1.54, 1.807) is 4.90 Å². The van der Waals surface area contributed by atoms with Crippen molar-refractivity contribution < 1.29 is 4.79 Å². The molecular formula is C18H31NO. The molecule has 0 saturated heterocycles. The number of unbranched alkanes of at least 4 members (excludes halogenated alkanes) is 5. The first kappa shape index (κ1) is 17.0. The smallest absolute Gasteiger partial charge is 0.226 e. The predicted octanol–water partition coefficient (Wildman–Crippen LogP) is 4.86. The minimum absolute atomic E-state index is 0.215. The second-order valence-electron chi connectivity index (χ2n) is 6.05. The largest absolute Gasteiger partial charge is 0.349 e. The molecule has 1 aliphatic carbocycles. The monoisotopic (exact) mass is 277 g/mol. The van der Waals surface area contributed by atoms with Gasteiger partial charge in [0, 0.05) is 14.1 Å². The van der Waals surface area contributed by atoms with Gasteiger partial charge in [-0.05, 0) is 37.7 Å². The average molecular weight is 277 g/mol. The van der Waals surface area contributed by atoms with Gasteiger partial charge in [-0.25, -0.2) is 0 Å². The van der Waals surface area contributed by atoms with Gasteiger partial charge in [0.15, 0.2) is 0 Å². The fraction of sp³-hybridized carbons (Fsp3) is 0.722. The lowest BCUT2D eigenvalue weighted by molar-refractivity contribution is -0.127. The summed E-state index contributed by atoms with van der Waals surface area (Å²) in [5.41, 5.74) is 2.78. The molecular weight excluding hydrogens is 246 g/mol. The Morgan fingerprint density at radius 2 is 1.85 bits per heavy atom.